The maximum atomic E-state index is 3.90. The molecule has 0 unspecified atom stereocenters. The lowest BCUT2D eigenvalue weighted by molar-refractivity contribution is 0.286. The smallest absolute Gasteiger partial charge is 0.0237 e. The average molecular weight is 302 g/mol. The van der Waals surface area contributed by atoms with Crippen LogP contribution in [0, 0.1) is 6.92 Å². The summed E-state index contributed by atoms with van der Waals surface area (Å²) in [7, 11) is 0. The molecular formula is C21H35N. The molecule has 0 aliphatic heterocycles. The summed E-state index contributed by atoms with van der Waals surface area (Å²) in [6.07, 6.45) is 13.1. The van der Waals surface area contributed by atoms with Gasteiger partial charge in [0.05, 0.1) is 0 Å². The summed E-state index contributed by atoms with van der Waals surface area (Å²) in [6.45, 7) is 11.5. The van der Waals surface area contributed by atoms with E-state index in [1.54, 1.807) is 0 Å². The molecule has 0 bridgehead atoms. The van der Waals surface area contributed by atoms with Crippen LogP contribution in [-0.2, 0) is 6.54 Å². The SMILES string of the molecule is C=CCN(CCCCCCCCCC)Cc1ccc(C)cc1. The van der Waals surface area contributed by atoms with E-state index in [0.29, 0.717) is 0 Å². The van der Waals surface area contributed by atoms with Gasteiger partial charge in [-0.3, -0.25) is 4.90 Å². The van der Waals surface area contributed by atoms with Gasteiger partial charge >= 0.3 is 0 Å². The van der Waals surface area contributed by atoms with Gasteiger partial charge in [-0.15, -0.1) is 6.58 Å². The van der Waals surface area contributed by atoms with Crippen LogP contribution >= 0.6 is 0 Å². The van der Waals surface area contributed by atoms with Crippen LogP contribution in [0.25, 0.3) is 0 Å². The maximum Gasteiger partial charge on any atom is 0.0237 e. The molecule has 0 aromatic heterocycles. The van der Waals surface area contributed by atoms with E-state index in [2.05, 4.69) is 49.6 Å². The number of aryl methyl sites for hydroxylation is 1. The fourth-order valence-electron chi connectivity index (χ4n) is 2.84. The lowest BCUT2D eigenvalue weighted by atomic mass is 10.1. The zero-order chi connectivity index (χ0) is 16.0. The van der Waals surface area contributed by atoms with Crippen LogP contribution in [0.15, 0.2) is 36.9 Å². The Labute approximate surface area is 138 Å². The minimum absolute atomic E-state index is 0.990. The number of unbranched alkanes of at least 4 members (excludes halogenated alkanes) is 7. The molecule has 22 heavy (non-hydrogen) atoms. The van der Waals surface area contributed by atoms with Gasteiger partial charge in [0.1, 0.15) is 0 Å². The first-order chi connectivity index (χ1) is 10.8. The van der Waals surface area contributed by atoms with Gasteiger partial charge in [0.2, 0.25) is 0 Å². The van der Waals surface area contributed by atoms with E-state index < -0.39 is 0 Å². The van der Waals surface area contributed by atoms with Crippen molar-refractivity contribution in [3.63, 3.8) is 0 Å². The Kier molecular flexibility index (Phi) is 10.7. The summed E-state index contributed by atoms with van der Waals surface area (Å²) in [5, 5.41) is 0. The molecule has 0 heterocycles. The Hall–Kier alpha value is -1.08. The van der Waals surface area contributed by atoms with Gasteiger partial charge in [-0.25, -0.2) is 0 Å². The van der Waals surface area contributed by atoms with Gasteiger partial charge in [0, 0.05) is 13.1 Å². The molecule has 0 aliphatic carbocycles. The van der Waals surface area contributed by atoms with Crippen molar-refractivity contribution in [2.45, 2.75) is 71.8 Å². The number of hydrogen-bond donors (Lipinski definition) is 0. The molecule has 124 valence electrons. The molecule has 0 saturated carbocycles. The molecule has 0 aliphatic rings. The Morgan fingerprint density at radius 2 is 1.50 bits per heavy atom. The average Bonchev–Trinajstić information content (AvgIpc) is 2.52. The molecule has 1 rings (SSSR count). The molecule has 0 saturated heterocycles. The molecule has 1 heteroatoms. The van der Waals surface area contributed by atoms with E-state index in [4.69, 9.17) is 0 Å². The fourth-order valence-corrected chi connectivity index (χ4v) is 2.84. The molecule has 0 radical (unpaired) electrons. The third-order valence-electron chi connectivity index (χ3n) is 4.24. The number of rotatable bonds is 13. The van der Waals surface area contributed by atoms with E-state index in [0.717, 1.165) is 13.1 Å². The van der Waals surface area contributed by atoms with Crippen molar-refractivity contribution >= 4 is 0 Å². The molecule has 1 nitrogen and oxygen atoms in total. The van der Waals surface area contributed by atoms with Gasteiger partial charge in [0.25, 0.3) is 0 Å². The summed E-state index contributed by atoms with van der Waals surface area (Å²) in [5.74, 6) is 0. The first kappa shape index (κ1) is 19.0. The summed E-state index contributed by atoms with van der Waals surface area (Å²) in [4.78, 5) is 2.51. The molecule has 0 N–H and O–H groups in total. The molecule has 0 spiro atoms. The van der Waals surface area contributed by atoms with E-state index in [1.165, 1.54) is 69.0 Å². The van der Waals surface area contributed by atoms with Crippen LogP contribution in [0.2, 0.25) is 0 Å². The van der Waals surface area contributed by atoms with Crippen LogP contribution in [0.1, 0.15) is 69.4 Å². The second-order valence-corrected chi connectivity index (χ2v) is 6.48. The Morgan fingerprint density at radius 3 is 2.09 bits per heavy atom. The molecule has 0 fully saturated rings. The summed E-state index contributed by atoms with van der Waals surface area (Å²) in [6, 6.07) is 8.91. The summed E-state index contributed by atoms with van der Waals surface area (Å²) in [5.41, 5.74) is 2.74. The first-order valence-electron chi connectivity index (χ1n) is 9.15. The number of nitrogens with zero attached hydrogens (tertiary/aromatic N) is 1. The lowest BCUT2D eigenvalue weighted by Crippen LogP contribution is -2.24. The summed E-state index contributed by atoms with van der Waals surface area (Å²) < 4.78 is 0. The standard InChI is InChI=1S/C21H35N/c1-4-6-7-8-9-10-11-12-18-22(17-5-2)19-21-15-13-20(3)14-16-21/h5,13-16H,2,4,6-12,17-19H2,1,3H3. The fraction of sp³-hybridized carbons (Fsp3) is 0.619. The minimum Gasteiger partial charge on any atom is -0.295 e. The van der Waals surface area contributed by atoms with E-state index >= 15 is 0 Å². The molecule has 0 atom stereocenters. The zero-order valence-corrected chi connectivity index (χ0v) is 14.8. The highest BCUT2D eigenvalue weighted by Crippen LogP contribution is 2.11. The van der Waals surface area contributed by atoms with Crippen molar-refractivity contribution in [2.24, 2.45) is 0 Å². The highest BCUT2D eigenvalue weighted by molar-refractivity contribution is 5.21. The van der Waals surface area contributed by atoms with Crippen molar-refractivity contribution in [1.29, 1.82) is 0 Å². The van der Waals surface area contributed by atoms with E-state index in [1.807, 2.05) is 6.08 Å². The second-order valence-electron chi connectivity index (χ2n) is 6.48. The van der Waals surface area contributed by atoms with Gasteiger partial charge < -0.3 is 0 Å². The molecule has 1 aromatic rings. The van der Waals surface area contributed by atoms with Crippen LogP contribution < -0.4 is 0 Å². The molecular weight excluding hydrogens is 266 g/mol. The zero-order valence-electron chi connectivity index (χ0n) is 14.8. The number of benzene rings is 1. The van der Waals surface area contributed by atoms with E-state index in [9.17, 15) is 0 Å². The van der Waals surface area contributed by atoms with Crippen LogP contribution in [-0.4, -0.2) is 18.0 Å². The van der Waals surface area contributed by atoms with Crippen molar-refractivity contribution < 1.29 is 0 Å². The third kappa shape index (κ3) is 9.04. The van der Waals surface area contributed by atoms with Gasteiger partial charge in [0.15, 0.2) is 0 Å². The summed E-state index contributed by atoms with van der Waals surface area (Å²) >= 11 is 0. The highest BCUT2D eigenvalue weighted by Gasteiger charge is 2.04. The largest absolute Gasteiger partial charge is 0.295 e. The maximum absolute atomic E-state index is 3.90. The van der Waals surface area contributed by atoms with Crippen LogP contribution in [0.3, 0.4) is 0 Å². The Balaban J connectivity index is 2.18. The minimum atomic E-state index is 0.990. The highest BCUT2D eigenvalue weighted by atomic mass is 15.1. The molecule has 1 aromatic carbocycles. The predicted octanol–water partition coefficient (Wildman–Crippen LogP) is 6.12. The third-order valence-corrected chi connectivity index (χ3v) is 4.24. The Morgan fingerprint density at radius 1 is 0.909 bits per heavy atom. The number of hydrogen-bond acceptors (Lipinski definition) is 1. The first-order valence-corrected chi connectivity index (χ1v) is 9.15. The Bertz CT molecular complexity index is 379. The quantitative estimate of drug-likeness (QED) is 0.313. The normalized spacial score (nSPS) is 11.0. The van der Waals surface area contributed by atoms with Gasteiger partial charge in [-0.05, 0) is 25.5 Å². The van der Waals surface area contributed by atoms with E-state index in [-0.39, 0.29) is 0 Å². The van der Waals surface area contributed by atoms with Crippen molar-refractivity contribution in [1.82, 2.24) is 4.90 Å². The van der Waals surface area contributed by atoms with Crippen molar-refractivity contribution in [3.05, 3.63) is 48.0 Å². The second kappa shape index (κ2) is 12.5. The van der Waals surface area contributed by atoms with Crippen LogP contribution in [0.5, 0.6) is 0 Å². The predicted molar refractivity (Wildman–Crippen MR) is 99.3 cm³/mol. The topological polar surface area (TPSA) is 3.24 Å². The van der Waals surface area contributed by atoms with Gasteiger partial charge in [-0.2, -0.15) is 0 Å². The van der Waals surface area contributed by atoms with Gasteiger partial charge in [-0.1, -0.05) is 87.8 Å². The monoisotopic (exact) mass is 301 g/mol. The lowest BCUT2D eigenvalue weighted by Gasteiger charge is -2.20. The van der Waals surface area contributed by atoms with Crippen molar-refractivity contribution in [3.8, 4) is 0 Å². The van der Waals surface area contributed by atoms with Crippen molar-refractivity contribution in [2.75, 3.05) is 13.1 Å². The van der Waals surface area contributed by atoms with Crippen LogP contribution in [0.4, 0.5) is 0 Å². The molecule has 0 amide bonds.